The van der Waals surface area contributed by atoms with Crippen LogP contribution in [0.5, 0.6) is 0 Å². The van der Waals surface area contributed by atoms with Gasteiger partial charge in [0.15, 0.2) is 5.13 Å². The van der Waals surface area contributed by atoms with E-state index in [4.69, 9.17) is 4.52 Å². The number of thiazole rings is 1. The molecule has 0 aliphatic carbocycles. The number of aromatic nitrogens is 2. The maximum absolute atomic E-state index is 11.7. The van der Waals surface area contributed by atoms with E-state index >= 15 is 0 Å². The van der Waals surface area contributed by atoms with E-state index in [-0.39, 0.29) is 12.3 Å². The molecule has 0 aliphatic heterocycles. The molecule has 0 atom stereocenters. The standard InChI is InChI=1S/C11H13N3O2S/c1-6-4-9(14-16-6)5-10(15)13-11-12-7(2)8(3)17-11/h4H,5H2,1-3H3,(H,12,13,15). The highest BCUT2D eigenvalue weighted by molar-refractivity contribution is 7.15. The van der Waals surface area contributed by atoms with Crippen molar-refractivity contribution in [2.45, 2.75) is 27.2 Å². The van der Waals surface area contributed by atoms with Crippen molar-refractivity contribution < 1.29 is 9.32 Å². The van der Waals surface area contributed by atoms with E-state index in [1.807, 2.05) is 13.8 Å². The van der Waals surface area contributed by atoms with Gasteiger partial charge < -0.3 is 9.84 Å². The fourth-order valence-corrected chi connectivity index (χ4v) is 2.19. The van der Waals surface area contributed by atoms with E-state index in [0.717, 1.165) is 10.6 Å². The molecule has 0 fully saturated rings. The van der Waals surface area contributed by atoms with Gasteiger partial charge in [0.05, 0.1) is 17.8 Å². The highest BCUT2D eigenvalue weighted by atomic mass is 32.1. The minimum Gasteiger partial charge on any atom is -0.361 e. The van der Waals surface area contributed by atoms with Gasteiger partial charge in [0.25, 0.3) is 0 Å². The Bertz CT molecular complexity index is 525. The number of rotatable bonds is 3. The lowest BCUT2D eigenvalue weighted by Gasteiger charge is -1.97. The molecular formula is C11H13N3O2S. The lowest BCUT2D eigenvalue weighted by Crippen LogP contribution is -2.14. The third kappa shape index (κ3) is 2.91. The van der Waals surface area contributed by atoms with Crippen molar-refractivity contribution in [3.63, 3.8) is 0 Å². The molecule has 1 N–H and O–H groups in total. The molecule has 0 aliphatic rings. The first-order chi connectivity index (χ1) is 8.04. The van der Waals surface area contributed by atoms with Crippen LogP contribution in [0.2, 0.25) is 0 Å². The Morgan fingerprint density at radius 3 is 2.76 bits per heavy atom. The molecule has 0 spiro atoms. The van der Waals surface area contributed by atoms with Crippen molar-refractivity contribution in [3.8, 4) is 0 Å². The first-order valence-electron chi connectivity index (χ1n) is 5.20. The Kier molecular flexibility index (Phi) is 3.23. The number of amides is 1. The second kappa shape index (κ2) is 4.67. The molecule has 17 heavy (non-hydrogen) atoms. The Balaban J connectivity index is 1.97. The fraction of sp³-hybridized carbons (Fsp3) is 0.364. The molecule has 0 unspecified atom stereocenters. The minimum absolute atomic E-state index is 0.132. The Morgan fingerprint density at radius 2 is 2.24 bits per heavy atom. The van der Waals surface area contributed by atoms with Crippen LogP contribution in [0.4, 0.5) is 5.13 Å². The van der Waals surface area contributed by atoms with E-state index in [2.05, 4.69) is 15.5 Å². The van der Waals surface area contributed by atoms with Gasteiger partial charge in [0.1, 0.15) is 5.76 Å². The predicted octanol–water partition coefficient (Wildman–Crippen LogP) is 2.24. The number of carbonyl (C=O) groups excluding carboxylic acids is 1. The van der Waals surface area contributed by atoms with Gasteiger partial charge in [0, 0.05) is 10.9 Å². The van der Waals surface area contributed by atoms with E-state index in [1.54, 1.807) is 13.0 Å². The maximum atomic E-state index is 11.7. The van der Waals surface area contributed by atoms with E-state index in [9.17, 15) is 4.79 Å². The maximum Gasteiger partial charge on any atom is 0.232 e. The predicted molar refractivity (Wildman–Crippen MR) is 65.2 cm³/mol. The minimum atomic E-state index is -0.132. The van der Waals surface area contributed by atoms with Gasteiger partial charge in [-0.25, -0.2) is 4.98 Å². The third-order valence-corrected chi connectivity index (χ3v) is 3.28. The number of nitrogens with zero attached hydrogens (tertiary/aromatic N) is 2. The van der Waals surface area contributed by atoms with Crippen LogP contribution in [0.3, 0.4) is 0 Å². The molecule has 5 nitrogen and oxygen atoms in total. The highest BCUT2D eigenvalue weighted by Gasteiger charge is 2.10. The van der Waals surface area contributed by atoms with Gasteiger partial charge in [-0.1, -0.05) is 5.16 Å². The molecular weight excluding hydrogens is 238 g/mol. The Morgan fingerprint density at radius 1 is 1.47 bits per heavy atom. The average Bonchev–Trinajstić information content (AvgIpc) is 2.75. The number of carbonyl (C=O) groups is 1. The van der Waals surface area contributed by atoms with E-state index < -0.39 is 0 Å². The fourth-order valence-electron chi connectivity index (χ4n) is 1.36. The summed E-state index contributed by atoms with van der Waals surface area (Å²) in [5.74, 6) is 0.570. The quantitative estimate of drug-likeness (QED) is 0.908. The van der Waals surface area contributed by atoms with Crippen LogP contribution in [0.15, 0.2) is 10.6 Å². The molecule has 0 saturated heterocycles. The van der Waals surface area contributed by atoms with Gasteiger partial charge in [-0.05, 0) is 20.8 Å². The average molecular weight is 251 g/mol. The highest BCUT2D eigenvalue weighted by Crippen LogP contribution is 2.21. The summed E-state index contributed by atoms with van der Waals surface area (Å²) in [4.78, 5) is 17.0. The molecule has 0 bridgehead atoms. The lowest BCUT2D eigenvalue weighted by molar-refractivity contribution is -0.115. The number of nitrogens with one attached hydrogen (secondary N) is 1. The van der Waals surface area contributed by atoms with Crippen LogP contribution in [-0.4, -0.2) is 16.0 Å². The van der Waals surface area contributed by atoms with E-state index in [0.29, 0.717) is 16.6 Å². The Labute approximate surface area is 103 Å². The molecule has 0 saturated carbocycles. The first-order valence-corrected chi connectivity index (χ1v) is 6.02. The number of anilines is 1. The zero-order chi connectivity index (χ0) is 12.4. The van der Waals surface area contributed by atoms with Crippen molar-refractivity contribution in [2.24, 2.45) is 0 Å². The van der Waals surface area contributed by atoms with Gasteiger partial charge >= 0.3 is 0 Å². The molecule has 0 radical (unpaired) electrons. The smallest absolute Gasteiger partial charge is 0.232 e. The van der Waals surface area contributed by atoms with Crippen LogP contribution < -0.4 is 5.32 Å². The summed E-state index contributed by atoms with van der Waals surface area (Å²) in [6.07, 6.45) is 0.203. The van der Waals surface area contributed by atoms with Crippen LogP contribution in [0.1, 0.15) is 22.0 Å². The third-order valence-electron chi connectivity index (χ3n) is 2.29. The normalized spacial score (nSPS) is 10.5. The van der Waals surface area contributed by atoms with Crippen LogP contribution in [0.25, 0.3) is 0 Å². The van der Waals surface area contributed by atoms with Crippen LogP contribution >= 0.6 is 11.3 Å². The van der Waals surface area contributed by atoms with Crippen molar-refractivity contribution in [2.75, 3.05) is 5.32 Å². The summed E-state index contributed by atoms with van der Waals surface area (Å²) in [6.45, 7) is 5.69. The molecule has 6 heteroatoms. The van der Waals surface area contributed by atoms with Crippen molar-refractivity contribution >= 4 is 22.4 Å². The van der Waals surface area contributed by atoms with E-state index in [1.165, 1.54) is 11.3 Å². The number of hydrogen-bond acceptors (Lipinski definition) is 5. The second-order valence-electron chi connectivity index (χ2n) is 3.81. The SMILES string of the molecule is Cc1cc(CC(=O)Nc2nc(C)c(C)s2)no1. The Hall–Kier alpha value is -1.69. The van der Waals surface area contributed by atoms with Crippen molar-refractivity contribution in [1.82, 2.24) is 10.1 Å². The van der Waals surface area contributed by atoms with Crippen LogP contribution in [-0.2, 0) is 11.2 Å². The molecule has 2 aromatic heterocycles. The zero-order valence-electron chi connectivity index (χ0n) is 9.90. The van der Waals surface area contributed by atoms with Gasteiger partial charge in [-0.3, -0.25) is 4.79 Å². The molecule has 0 aromatic carbocycles. The number of hydrogen-bond donors (Lipinski definition) is 1. The van der Waals surface area contributed by atoms with Crippen molar-refractivity contribution in [1.29, 1.82) is 0 Å². The summed E-state index contributed by atoms with van der Waals surface area (Å²) in [6, 6.07) is 1.75. The monoisotopic (exact) mass is 251 g/mol. The van der Waals surface area contributed by atoms with Gasteiger partial charge in [0.2, 0.25) is 5.91 Å². The molecule has 2 aromatic rings. The van der Waals surface area contributed by atoms with Gasteiger partial charge in [-0.2, -0.15) is 0 Å². The first kappa shape index (κ1) is 11.8. The summed E-state index contributed by atoms with van der Waals surface area (Å²) in [5, 5.41) is 7.15. The van der Waals surface area contributed by atoms with Gasteiger partial charge in [-0.15, -0.1) is 11.3 Å². The zero-order valence-corrected chi connectivity index (χ0v) is 10.7. The number of aryl methyl sites for hydroxylation is 3. The molecule has 1 amide bonds. The lowest BCUT2D eigenvalue weighted by atomic mass is 10.3. The van der Waals surface area contributed by atoms with Crippen molar-refractivity contribution in [3.05, 3.63) is 28.1 Å². The summed E-state index contributed by atoms with van der Waals surface area (Å²) < 4.78 is 4.90. The largest absolute Gasteiger partial charge is 0.361 e. The summed E-state index contributed by atoms with van der Waals surface area (Å²) in [5.41, 5.74) is 1.58. The molecule has 90 valence electrons. The molecule has 2 heterocycles. The second-order valence-corrected chi connectivity index (χ2v) is 5.02. The summed E-state index contributed by atoms with van der Waals surface area (Å²) >= 11 is 1.47. The molecule has 2 rings (SSSR count). The topological polar surface area (TPSA) is 68.0 Å². The summed E-state index contributed by atoms with van der Waals surface area (Å²) in [7, 11) is 0. The van der Waals surface area contributed by atoms with Crippen LogP contribution in [0, 0.1) is 20.8 Å².